The SMILES string of the molecule is Cc1cccc(C(=O)N2CCC2c2cccc(F)c2)c1Cl. The molecule has 1 saturated heterocycles. The maximum absolute atomic E-state index is 13.3. The van der Waals surface area contributed by atoms with Gasteiger partial charge in [-0.25, -0.2) is 4.39 Å². The average Bonchev–Trinajstić information content (AvgIpc) is 2.40. The standard InChI is InChI=1S/C17H15ClFNO/c1-11-4-2-7-14(16(11)18)17(21)20-9-8-15(20)12-5-3-6-13(19)10-12/h2-7,10,15H,8-9H2,1H3. The molecule has 1 atom stereocenters. The van der Waals surface area contributed by atoms with E-state index < -0.39 is 0 Å². The minimum atomic E-state index is -0.277. The lowest BCUT2D eigenvalue weighted by Crippen LogP contribution is -2.45. The van der Waals surface area contributed by atoms with Gasteiger partial charge in [-0.15, -0.1) is 0 Å². The van der Waals surface area contributed by atoms with E-state index in [9.17, 15) is 9.18 Å². The normalized spacial score (nSPS) is 17.5. The Morgan fingerprint density at radius 1 is 1.29 bits per heavy atom. The summed E-state index contributed by atoms with van der Waals surface area (Å²) in [5.74, 6) is -0.371. The predicted molar refractivity (Wildman–Crippen MR) is 81.0 cm³/mol. The van der Waals surface area contributed by atoms with E-state index in [1.165, 1.54) is 12.1 Å². The zero-order valence-electron chi connectivity index (χ0n) is 11.6. The van der Waals surface area contributed by atoms with Crippen molar-refractivity contribution in [3.8, 4) is 0 Å². The van der Waals surface area contributed by atoms with E-state index in [0.717, 1.165) is 17.5 Å². The van der Waals surface area contributed by atoms with Crippen molar-refractivity contribution < 1.29 is 9.18 Å². The first kappa shape index (κ1) is 14.1. The number of carbonyl (C=O) groups is 1. The molecule has 1 fully saturated rings. The van der Waals surface area contributed by atoms with Crippen molar-refractivity contribution in [3.63, 3.8) is 0 Å². The summed E-state index contributed by atoms with van der Waals surface area (Å²) >= 11 is 6.22. The molecular formula is C17H15ClFNO. The van der Waals surface area contributed by atoms with E-state index in [1.54, 1.807) is 17.0 Å². The minimum Gasteiger partial charge on any atom is -0.331 e. The van der Waals surface area contributed by atoms with Crippen LogP contribution < -0.4 is 0 Å². The van der Waals surface area contributed by atoms with E-state index in [1.807, 2.05) is 25.1 Å². The topological polar surface area (TPSA) is 20.3 Å². The molecule has 0 aliphatic carbocycles. The largest absolute Gasteiger partial charge is 0.331 e. The van der Waals surface area contributed by atoms with Crippen LogP contribution in [0.3, 0.4) is 0 Å². The summed E-state index contributed by atoms with van der Waals surface area (Å²) in [5.41, 5.74) is 2.22. The van der Waals surface area contributed by atoms with E-state index in [2.05, 4.69) is 0 Å². The molecule has 0 spiro atoms. The van der Waals surface area contributed by atoms with Gasteiger partial charge in [0.15, 0.2) is 0 Å². The number of nitrogens with zero attached hydrogens (tertiary/aromatic N) is 1. The number of rotatable bonds is 2. The fraction of sp³-hybridized carbons (Fsp3) is 0.235. The van der Waals surface area contributed by atoms with Gasteiger partial charge < -0.3 is 4.90 Å². The van der Waals surface area contributed by atoms with E-state index in [0.29, 0.717) is 17.1 Å². The van der Waals surface area contributed by atoms with Crippen molar-refractivity contribution in [1.82, 2.24) is 4.90 Å². The molecule has 3 rings (SSSR count). The van der Waals surface area contributed by atoms with Gasteiger partial charge in [0.05, 0.1) is 16.6 Å². The summed E-state index contributed by atoms with van der Waals surface area (Å²) in [7, 11) is 0. The van der Waals surface area contributed by atoms with Crippen LogP contribution in [0.15, 0.2) is 42.5 Å². The van der Waals surface area contributed by atoms with Crippen LogP contribution in [0.25, 0.3) is 0 Å². The Kier molecular flexibility index (Phi) is 3.68. The fourth-order valence-electron chi connectivity index (χ4n) is 2.66. The maximum Gasteiger partial charge on any atom is 0.255 e. The van der Waals surface area contributed by atoms with Gasteiger partial charge in [-0.3, -0.25) is 4.79 Å². The van der Waals surface area contributed by atoms with Gasteiger partial charge in [0.2, 0.25) is 0 Å². The Morgan fingerprint density at radius 2 is 2.05 bits per heavy atom. The zero-order valence-corrected chi connectivity index (χ0v) is 12.4. The Morgan fingerprint density at radius 3 is 2.71 bits per heavy atom. The van der Waals surface area contributed by atoms with Gasteiger partial charge in [0.1, 0.15) is 5.82 Å². The summed E-state index contributed by atoms with van der Waals surface area (Å²) in [6, 6.07) is 11.8. The molecule has 4 heteroatoms. The van der Waals surface area contributed by atoms with Gasteiger partial charge in [-0.2, -0.15) is 0 Å². The van der Waals surface area contributed by atoms with Gasteiger partial charge in [0, 0.05) is 6.54 Å². The predicted octanol–water partition coefficient (Wildman–Crippen LogP) is 4.37. The van der Waals surface area contributed by atoms with Crippen molar-refractivity contribution in [2.24, 2.45) is 0 Å². The van der Waals surface area contributed by atoms with Crippen LogP contribution in [0, 0.1) is 12.7 Å². The molecule has 108 valence electrons. The number of aryl methyl sites for hydroxylation is 1. The number of likely N-dealkylation sites (tertiary alicyclic amines) is 1. The molecule has 1 unspecified atom stereocenters. The molecule has 0 radical (unpaired) electrons. The number of hydrogen-bond acceptors (Lipinski definition) is 1. The van der Waals surface area contributed by atoms with Gasteiger partial charge in [-0.05, 0) is 42.7 Å². The van der Waals surface area contributed by atoms with Crippen LogP contribution in [0.2, 0.25) is 5.02 Å². The van der Waals surface area contributed by atoms with Crippen LogP contribution in [-0.2, 0) is 0 Å². The van der Waals surface area contributed by atoms with Gasteiger partial charge in [-0.1, -0.05) is 35.9 Å². The second-order valence-electron chi connectivity index (χ2n) is 5.29. The Balaban J connectivity index is 1.87. The molecule has 0 aromatic heterocycles. The number of carbonyl (C=O) groups excluding carboxylic acids is 1. The molecular weight excluding hydrogens is 289 g/mol. The van der Waals surface area contributed by atoms with Crippen molar-refractivity contribution in [2.45, 2.75) is 19.4 Å². The first-order valence-corrected chi connectivity index (χ1v) is 7.27. The van der Waals surface area contributed by atoms with Crippen molar-refractivity contribution in [1.29, 1.82) is 0 Å². The number of halogens is 2. The lowest BCUT2D eigenvalue weighted by atomic mass is 9.93. The monoisotopic (exact) mass is 303 g/mol. The van der Waals surface area contributed by atoms with Gasteiger partial charge in [0.25, 0.3) is 5.91 Å². The summed E-state index contributed by atoms with van der Waals surface area (Å²) in [6.45, 7) is 2.55. The summed E-state index contributed by atoms with van der Waals surface area (Å²) in [4.78, 5) is 14.4. The number of hydrogen-bond donors (Lipinski definition) is 0. The maximum atomic E-state index is 13.3. The quantitative estimate of drug-likeness (QED) is 0.806. The highest BCUT2D eigenvalue weighted by Crippen LogP contribution is 2.36. The molecule has 2 nitrogen and oxygen atoms in total. The lowest BCUT2D eigenvalue weighted by molar-refractivity contribution is 0.0460. The van der Waals surface area contributed by atoms with Crippen LogP contribution in [-0.4, -0.2) is 17.4 Å². The molecule has 2 aromatic rings. The first-order chi connectivity index (χ1) is 10.1. The molecule has 1 heterocycles. The minimum absolute atomic E-state index is 0.0650. The summed E-state index contributed by atoms with van der Waals surface area (Å²) in [5, 5.41) is 0.493. The summed E-state index contributed by atoms with van der Waals surface area (Å²) < 4.78 is 13.3. The lowest BCUT2D eigenvalue weighted by Gasteiger charge is -2.41. The first-order valence-electron chi connectivity index (χ1n) is 6.89. The molecule has 1 aliphatic heterocycles. The number of amides is 1. The van der Waals surface area contributed by atoms with Crippen LogP contribution in [0.4, 0.5) is 4.39 Å². The van der Waals surface area contributed by atoms with Crippen LogP contribution in [0.1, 0.15) is 33.9 Å². The Hall–Kier alpha value is -1.87. The Bertz CT molecular complexity index is 701. The molecule has 2 aromatic carbocycles. The molecule has 0 N–H and O–H groups in total. The third kappa shape index (κ3) is 2.54. The van der Waals surface area contributed by atoms with E-state index in [4.69, 9.17) is 11.6 Å². The highest BCUT2D eigenvalue weighted by atomic mass is 35.5. The number of benzene rings is 2. The fourth-order valence-corrected chi connectivity index (χ4v) is 2.86. The Labute approximate surface area is 128 Å². The molecule has 0 saturated carbocycles. The van der Waals surface area contributed by atoms with Crippen molar-refractivity contribution in [3.05, 3.63) is 70.0 Å². The zero-order chi connectivity index (χ0) is 15.0. The van der Waals surface area contributed by atoms with Crippen molar-refractivity contribution >= 4 is 17.5 Å². The smallest absolute Gasteiger partial charge is 0.255 e. The van der Waals surface area contributed by atoms with Gasteiger partial charge >= 0.3 is 0 Å². The third-order valence-corrected chi connectivity index (χ3v) is 4.44. The van der Waals surface area contributed by atoms with E-state index in [-0.39, 0.29) is 17.8 Å². The highest BCUT2D eigenvalue weighted by Gasteiger charge is 2.34. The third-order valence-electron chi connectivity index (χ3n) is 3.94. The average molecular weight is 304 g/mol. The second-order valence-corrected chi connectivity index (χ2v) is 5.67. The molecule has 1 amide bonds. The molecule has 21 heavy (non-hydrogen) atoms. The van der Waals surface area contributed by atoms with E-state index >= 15 is 0 Å². The van der Waals surface area contributed by atoms with Crippen LogP contribution in [0.5, 0.6) is 0 Å². The molecule has 0 bridgehead atoms. The highest BCUT2D eigenvalue weighted by molar-refractivity contribution is 6.34. The second kappa shape index (κ2) is 5.49. The molecule has 1 aliphatic rings. The van der Waals surface area contributed by atoms with Crippen molar-refractivity contribution in [2.75, 3.05) is 6.54 Å². The van der Waals surface area contributed by atoms with Crippen LogP contribution >= 0.6 is 11.6 Å². The summed E-state index contributed by atoms with van der Waals surface area (Å²) in [6.07, 6.45) is 0.846.